The summed E-state index contributed by atoms with van der Waals surface area (Å²) >= 11 is 0. The van der Waals surface area contributed by atoms with Gasteiger partial charge in [-0.25, -0.2) is 0 Å². The van der Waals surface area contributed by atoms with Gasteiger partial charge in [-0.05, 0) is 19.3 Å². The molecule has 0 spiro atoms. The van der Waals surface area contributed by atoms with Crippen molar-refractivity contribution in [3.05, 3.63) is 0 Å². The number of aliphatic carboxylic acids is 1. The van der Waals surface area contributed by atoms with Gasteiger partial charge in [0.1, 0.15) is 5.41 Å². The number of carbonyl (C=O) groups is 3. The van der Waals surface area contributed by atoms with Gasteiger partial charge in [0, 0.05) is 6.42 Å². The van der Waals surface area contributed by atoms with Crippen LogP contribution in [-0.2, 0) is 14.4 Å². The van der Waals surface area contributed by atoms with Gasteiger partial charge in [0.2, 0.25) is 11.8 Å². The van der Waals surface area contributed by atoms with Crippen LogP contribution < -0.4 is 11.5 Å². The molecule has 1 fully saturated rings. The molecule has 0 atom stereocenters. The first-order valence-corrected chi connectivity index (χ1v) is 4.68. The molecule has 86 valence electrons. The van der Waals surface area contributed by atoms with E-state index in [9.17, 15) is 14.4 Å². The first-order valence-electron chi connectivity index (χ1n) is 4.68. The molecule has 0 aromatic rings. The Labute approximate surface area is 87.6 Å². The molecule has 1 aliphatic carbocycles. The van der Waals surface area contributed by atoms with E-state index in [1.807, 2.05) is 6.92 Å². The largest absolute Gasteiger partial charge is 0.481 e. The highest BCUT2D eigenvalue weighted by Gasteiger charge is 2.54. The molecule has 0 unspecified atom stereocenters. The molecule has 0 aliphatic heterocycles. The van der Waals surface area contributed by atoms with Gasteiger partial charge in [-0.15, -0.1) is 0 Å². The summed E-state index contributed by atoms with van der Waals surface area (Å²) in [6.07, 6.45) is 2.07. The van der Waals surface area contributed by atoms with Gasteiger partial charge >= 0.3 is 5.97 Å². The summed E-state index contributed by atoms with van der Waals surface area (Å²) in [4.78, 5) is 30.5. The molecule has 15 heavy (non-hydrogen) atoms. The molecule has 0 aromatic heterocycles. The van der Waals surface area contributed by atoms with Crippen LogP contribution in [0, 0.1) is 5.41 Å². The summed E-state index contributed by atoms with van der Waals surface area (Å²) in [6.45, 7) is 1.84. The SMILES string of the molecule is CCCC(=O)O.NC(=O)C1(C(N)=O)CC1. The molecular weight excluding hydrogens is 200 g/mol. The fourth-order valence-corrected chi connectivity index (χ4v) is 0.953. The topological polar surface area (TPSA) is 123 Å². The van der Waals surface area contributed by atoms with Crippen molar-refractivity contribution in [2.75, 3.05) is 0 Å². The van der Waals surface area contributed by atoms with Crippen LogP contribution in [0.5, 0.6) is 0 Å². The molecular formula is C9H16N2O4. The van der Waals surface area contributed by atoms with Crippen molar-refractivity contribution in [3.8, 4) is 0 Å². The van der Waals surface area contributed by atoms with Crippen LogP contribution in [-0.4, -0.2) is 22.9 Å². The number of hydrogen-bond acceptors (Lipinski definition) is 3. The highest BCUT2D eigenvalue weighted by atomic mass is 16.4. The second-order valence-corrected chi connectivity index (χ2v) is 3.45. The molecule has 2 amide bonds. The molecule has 0 radical (unpaired) electrons. The predicted octanol–water partition coefficient (Wildman–Crippen LogP) is -0.392. The van der Waals surface area contributed by atoms with Crippen molar-refractivity contribution in [2.24, 2.45) is 16.9 Å². The number of carboxylic acid groups (broad SMARTS) is 1. The average molecular weight is 216 g/mol. The van der Waals surface area contributed by atoms with Gasteiger partial charge in [0.15, 0.2) is 0 Å². The van der Waals surface area contributed by atoms with E-state index in [1.165, 1.54) is 0 Å². The molecule has 0 heterocycles. The van der Waals surface area contributed by atoms with Crippen molar-refractivity contribution in [1.29, 1.82) is 0 Å². The van der Waals surface area contributed by atoms with Crippen LogP contribution in [0.4, 0.5) is 0 Å². The van der Waals surface area contributed by atoms with Gasteiger partial charge in [0.25, 0.3) is 0 Å². The number of primary amides is 2. The van der Waals surface area contributed by atoms with Crippen molar-refractivity contribution in [3.63, 3.8) is 0 Å². The fraction of sp³-hybridized carbons (Fsp3) is 0.667. The zero-order chi connectivity index (χ0) is 12.1. The predicted molar refractivity (Wildman–Crippen MR) is 52.6 cm³/mol. The number of carboxylic acids is 1. The number of carbonyl (C=O) groups excluding carboxylic acids is 2. The van der Waals surface area contributed by atoms with Crippen LogP contribution in [0.15, 0.2) is 0 Å². The lowest BCUT2D eigenvalue weighted by Crippen LogP contribution is -2.36. The van der Waals surface area contributed by atoms with Crippen molar-refractivity contribution in [1.82, 2.24) is 0 Å². The molecule has 5 N–H and O–H groups in total. The van der Waals surface area contributed by atoms with Gasteiger partial charge in [0.05, 0.1) is 0 Å². The van der Waals surface area contributed by atoms with Gasteiger partial charge in [-0.2, -0.15) is 0 Å². The summed E-state index contributed by atoms with van der Waals surface area (Å²) in [5.41, 5.74) is 8.82. The Hall–Kier alpha value is -1.59. The van der Waals surface area contributed by atoms with Crippen LogP contribution in [0.3, 0.4) is 0 Å². The van der Waals surface area contributed by atoms with E-state index in [0.29, 0.717) is 19.3 Å². The number of hydrogen-bond donors (Lipinski definition) is 3. The maximum atomic E-state index is 10.4. The van der Waals surface area contributed by atoms with E-state index in [0.717, 1.165) is 6.42 Å². The van der Waals surface area contributed by atoms with Crippen LogP contribution >= 0.6 is 0 Å². The zero-order valence-electron chi connectivity index (χ0n) is 8.66. The quantitative estimate of drug-likeness (QED) is 0.553. The van der Waals surface area contributed by atoms with E-state index in [2.05, 4.69) is 0 Å². The van der Waals surface area contributed by atoms with Crippen molar-refractivity contribution >= 4 is 17.8 Å². The Bertz CT molecular complexity index is 255. The highest BCUT2D eigenvalue weighted by Crippen LogP contribution is 2.44. The van der Waals surface area contributed by atoms with E-state index in [4.69, 9.17) is 16.6 Å². The lowest BCUT2D eigenvalue weighted by molar-refractivity contribution is -0.137. The van der Waals surface area contributed by atoms with E-state index in [-0.39, 0.29) is 0 Å². The maximum Gasteiger partial charge on any atom is 0.303 e. The molecule has 1 saturated carbocycles. The average Bonchev–Trinajstić information content (AvgIpc) is 2.83. The first kappa shape index (κ1) is 13.4. The Balaban J connectivity index is 0.000000288. The standard InChI is InChI=1S/C5H8N2O2.C4H8O2/c6-3(8)5(1-2-5)4(7)9;1-2-3-4(5)6/h1-2H2,(H2,6,8)(H2,7,9);2-3H2,1H3,(H,5,6). The molecule has 1 aliphatic rings. The number of nitrogens with two attached hydrogens (primary N) is 2. The maximum absolute atomic E-state index is 10.4. The summed E-state index contributed by atoms with van der Waals surface area (Å²) in [6, 6.07) is 0. The summed E-state index contributed by atoms with van der Waals surface area (Å²) < 4.78 is 0. The Morgan fingerprint density at radius 2 is 1.60 bits per heavy atom. The lowest BCUT2D eigenvalue weighted by atomic mass is 10.1. The minimum absolute atomic E-state index is 0.292. The van der Waals surface area contributed by atoms with E-state index in [1.54, 1.807) is 0 Å². The third-order valence-corrected chi connectivity index (χ3v) is 2.16. The minimum atomic E-state index is -0.972. The molecule has 6 nitrogen and oxygen atoms in total. The Morgan fingerprint density at radius 3 is 1.60 bits per heavy atom. The summed E-state index contributed by atoms with van der Waals surface area (Å²) in [5, 5.41) is 7.91. The molecule has 1 rings (SSSR count). The second-order valence-electron chi connectivity index (χ2n) is 3.45. The monoisotopic (exact) mass is 216 g/mol. The molecule has 6 heteroatoms. The third kappa shape index (κ3) is 3.97. The number of rotatable bonds is 4. The smallest absolute Gasteiger partial charge is 0.303 e. The van der Waals surface area contributed by atoms with E-state index >= 15 is 0 Å². The van der Waals surface area contributed by atoms with Gasteiger partial charge in [-0.1, -0.05) is 6.92 Å². The zero-order valence-corrected chi connectivity index (χ0v) is 8.66. The van der Waals surface area contributed by atoms with Crippen LogP contribution in [0.1, 0.15) is 32.6 Å². The third-order valence-electron chi connectivity index (χ3n) is 2.16. The minimum Gasteiger partial charge on any atom is -0.481 e. The Kier molecular flexibility index (Phi) is 4.77. The molecule has 0 aromatic carbocycles. The summed E-state index contributed by atoms with van der Waals surface area (Å²) in [7, 11) is 0. The first-order chi connectivity index (χ1) is 6.86. The lowest BCUT2D eigenvalue weighted by Gasteiger charge is -2.02. The molecule has 0 bridgehead atoms. The second kappa shape index (κ2) is 5.33. The van der Waals surface area contributed by atoms with Gasteiger partial charge < -0.3 is 16.6 Å². The van der Waals surface area contributed by atoms with Crippen LogP contribution in [0.2, 0.25) is 0 Å². The summed E-state index contributed by atoms with van der Waals surface area (Å²) in [5.74, 6) is -1.89. The van der Waals surface area contributed by atoms with E-state index < -0.39 is 23.2 Å². The van der Waals surface area contributed by atoms with Crippen molar-refractivity contribution < 1.29 is 19.5 Å². The van der Waals surface area contributed by atoms with Gasteiger partial charge in [-0.3, -0.25) is 14.4 Å². The number of amides is 2. The van der Waals surface area contributed by atoms with Crippen LogP contribution in [0.25, 0.3) is 0 Å². The fourth-order valence-electron chi connectivity index (χ4n) is 0.953. The van der Waals surface area contributed by atoms with Crippen molar-refractivity contribution in [2.45, 2.75) is 32.6 Å². The highest BCUT2D eigenvalue weighted by molar-refractivity contribution is 6.06. The normalized spacial score (nSPS) is 15.8. The molecule has 0 saturated heterocycles. The Morgan fingerprint density at radius 1 is 1.20 bits per heavy atom.